The normalized spacial score (nSPS) is 18.2. The van der Waals surface area contributed by atoms with Crippen LogP contribution in [0.2, 0.25) is 0 Å². The lowest BCUT2D eigenvalue weighted by atomic mass is 9.90. The summed E-state index contributed by atoms with van der Waals surface area (Å²) < 4.78 is 38.2. The van der Waals surface area contributed by atoms with Gasteiger partial charge in [-0.15, -0.1) is 0 Å². The van der Waals surface area contributed by atoms with Gasteiger partial charge in [0.05, 0.1) is 0 Å². The highest BCUT2D eigenvalue weighted by Gasteiger charge is 2.54. The van der Waals surface area contributed by atoms with E-state index in [1.807, 2.05) is 19.0 Å². The van der Waals surface area contributed by atoms with Crippen molar-refractivity contribution in [2.75, 3.05) is 32.1 Å². The zero-order valence-corrected chi connectivity index (χ0v) is 12.5. The fourth-order valence-electron chi connectivity index (χ4n) is 2.45. The van der Waals surface area contributed by atoms with Crippen molar-refractivity contribution in [1.29, 1.82) is 0 Å². The number of carbonyl (C=O) groups is 1. The average molecular weight is 316 g/mol. The van der Waals surface area contributed by atoms with E-state index in [4.69, 9.17) is 0 Å². The van der Waals surface area contributed by atoms with Gasteiger partial charge in [0.2, 0.25) is 0 Å². The number of benzene rings is 1. The fourth-order valence-corrected chi connectivity index (χ4v) is 2.45. The Bertz CT molecular complexity index is 533. The molecule has 4 nitrogen and oxygen atoms in total. The second kappa shape index (κ2) is 5.79. The molecule has 122 valence electrons. The Kier molecular flexibility index (Phi) is 4.37. The van der Waals surface area contributed by atoms with Gasteiger partial charge in [-0.05, 0) is 24.3 Å². The van der Waals surface area contributed by atoms with Gasteiger partial charge in [0, 0.05) is 51.3 Å². The number of nitrogens with zero attached hydrogens (tertiary/aromatic N) is 2. The molecule has 1 aromatic rings. The molecule has 0 spiro atoms. The first-order chi connectivity index (χ1) is 10.1. The minimum Gasteiger partial charge on any atom is -0.380 e. The van der Waals surface area contributed by atoms with E-state index in [2.05, 4.69) is 0 Å². The van der Waals surface area contributed by atoms with E-state index in [9.17, 15) is 23.1 Å². The van der Waals surface area contributed by atoms with Crippen LogP contribution >= 0.6 is 0 Å². The van der Waals surface area contributed by atoms with Gasteiger partial charge in [-0.3, -0.25) is 4.79 Å². The number of alkyl halides is 3. The third kappa shape index (κ3) is 3.19. The number of likely N-dealkylation sites (tertiary alicyclic amines) is 1. The molecule has 1 amide bonds. The molecule has 22 heavy (non-hydrogen) atoms. The van der Waals surface area contributed by atoms with Crippen molar-refractivity contribution >= 4 is 11.6 Å². The number of carbonyl (C=O) groups excluding carboxylic acids is 1. The number of halogens is 3. The summed E-state index contributed by atoms with van der Waals surface area (Å²) in [7, 11) is 3.75. The number of hydrogen-bond acceptors (Lipinski definition) is 3. The number of amides is 1. The Morgan fingerprint density at radius 2 is 1.68 bits per heavy atom. The van der Waals surface area contributed by atoms with Gasteiger partial charge in [-0.1, -0.05) is 0 Å². The zero-order valence-electron chi connectivity index (χ0n) is 12.5. The van der Waals surface area contributed by atoms with Gasteiger partial charge in [0.1, 0.15) is 0 Å². The van der Waals surface area contributed by atoms with E-state index in [0.717, 1.165) is 5.69 Å². The van der Waals surface area contributed by atoms with Gasteiger partial charge in [0.25, 0.3) is 5.91 Å². The molecule has 0 radical (unpaired) electrons. The van der Waals surface area contributed by atoms with Crippen molar-refractivity contribution in [2.24, 2.45) is 0 Å². The number of aliphatic hydroxyl groups is 1. The highest BCUT2D eigenvalue weighted by atomic mass is 19.4. The number of piperidine rings is 1. The molecule has 0 atom stereocenters. The minimum atomic E-state index is -4.66. The fraction of sp³-hybridized carbons (Fsp3) is 0.533. The monoisotopic (exact) mass is 316 g/mol. The molecule has 0 aromatic heterocycles. The maximum atomic E-state index is 12.7. The smallest absolute Gasteiger partial charge is 0.380 e. The van der Waals surface area contributed by atoms with Crippen molar-refractivity contribution < 1.29 is 23.1 Å². The van der Waals surface area contributed by atoms with Crippen LogP contribution in [0, 0.1) is 0 Å². The molecule has 0 aliphatic carbocycles. The van der Waals surface area contributed by atoms with Crippen molar-refractivity contribution in [1.82, 2.24) is 4.90 Å². The SMILES string of the molecule is CN(C)c1ccc(C(=O)N2CCC(O)(C(F)(F)F)CC2)cc1. The second-order valence-electron chi connectivity index (χ2n) is 5.76. The first kappa shape index (κ1) is 16.6. The summed E-state index contributed by atoms with van der Waals surface area (Å²) >= 11 is 0. The van der Waals surface area contributed by atoms with Gasteiger partial charge in [-0.25, -0.2) is 0 Å². The summed E-state index contributed by atoms with van der Waals surface area (Å²) in [5.41, 5.74) is -1.32. The van der Waals surface area contributed by atoms with Crippen molar-refractivity contribution in [3.8, 4) is 0 Å². The van der Waals surface area contributed by atoms with Crippen LogP contribution in [0.3, 0.4) is 0 Å². The summed E-state index contributed by atoms with van der Waals surface area (Å²) in [5, 5.41) is 9.61. The molecule has 7 heteroatoms. The van der Waals surface area contributed by atoms with E-state index in [0.29, 0.717) is 5.56 Å². The predicted molar refractivity (Wildman–Crippen MR) is 76.9 cm³/mol. The summed E-state index contributed by atoms with van der Waals surface area (Å²) in [4.78, 5) is 15.5. The molecule has 1 aromatic carbocycles. The third-order valence-corrected chi connectivity index (χ3v) is 4.04. The number of anilines is 1. The van der Waals surface area contributed by atoms with E-state index < -0.39 is 24.6 Å². The Morgan fingerprint density at radius 3 is 2.09 bits per heavy atom. The Balaban J connectivity index is 2.04. The largest absolute Gasteiger partial charge is 0.417 e. The molecule has 0 bridgehead atoms. The molecule has 0 unspecified atom stereocenters. The van der Waals surface area contributed by atoms with Crippen molar-refractivity contribution in [3.05, 3.63) is 29.8 Å². The Labute approximate surface area is 127 Å². The molecule has 2 rings (SSSR count). The molecule has 0 saturated carbocycles. The topological polar surface area (TPSA) is 43.8 Å². The number of rotatable bonds is 2. The highest BCUT2D eigenvalue weighted by molar-refractivity contribution is 5.94. The van der Waals surface area contributed by atoms with E-state index in [1.54, 1.807) is 24.3 Å². The van der Waals surface area contributed by atoms with Gasteiger partial charge in [-0.2, -0.15) is 13.2 Å². The van der Waals surface area contributed by atoms with Crippen molar-refractivity contribution in [2.45, 2.75) is 24.6 Å². The lowest BCUT2D eigenvalue weighted by Crippen LogP contribution is -2.54. The lowest BCUT2D eigenvalue weighted by Gasteiger charge is -2.39. The van der Waals surface area contributed by atoms with Crippen LogP contribution in [0.5, 0.6) is 0 Å². The van der Waals surface area contributed by atoms with Crippen molar-refractivity contribution in [3.63, 3.8) is 0 Å². The Hall–Kier alpha value is -1.76. The molecular weight excluding hydrogens is 297 g/mol. The predicted octanol–water partition coefficient (Wildman–Crippen LogP) is 2.28. The van der Waals surface area contributed by atoms with Crippen LogP contribution in [-0.2, 0) is 0 Å². The summed E-state index contributed by atoms with van der Waals surface area (Å²) in [6.07, 6.45) is -5.63. The van der Waals surface area contributed by atoms with Crippen LogP contribution in [0.25, 0.3) is 0 Å². The molecular formula is C15H19F3N2O2. The first-order valence-corrected chi connectivity index (χ1v) is 7.00. The zero-order chi connectivity index (χ0) is 16.5. The van der Waals surface area contributed by atoms with Crippen LogP contribution in [0.4, 0.5) is 18.9 Å². The first-order valence-electron chi connectivity index (χ1n) is 7.00. The van der Waals surface area contributed by atoms with Gasteiger partial charge in [0.15, 0.2) is 5.60 Å². The highest BCUT2D eigenvalue weighted by Crippen LogP contribution is 2.38. The minimum absolute atomic E-state index is 0.107. The molecule has 1 N–H and O–H groups in total. The molecule has 1 aliphatic heterocycles. The van der Waals surface area contributed by atoms with E-state index >= 15 is 0 Å². The summed E-state index contributed by atoms with van der Waals surface area (Å²) in [5.74, 6) is -0.311. The van der Waals surface area contributed by atoms with Crippen LogP contribution in [-0.4, -0.2) is 54.9 Å². The van der Waals surface area contributed by atoms with E-state index in [-0.39, 0.29) is 19.0 Å². The quantitative estimate of drug-likeness (QED) is 0.910. The second-order valence-corrected chi connectivity index (χ2v) is 5.76. The van der Waals surface area contributed by atoms with Crippen LogP contribution < -0.4 is 4.90 Å². The summed E-state index contributed by atoms with van der Waals surface area (Å²) in [6, 6.07) is 6.87. The third-order valence-electron chi connectivity index (χ3n) is 4.04. The number of hydrogen-bond donors (Lipinski definition) is 1. The molecule has 1 fully saturated rings. The maximum absolute atomic E-state index is 12.7. The lowest BCUT2D eigenvalue weighted by molar-refractivity contribution is -0.271. The molecule has 1 aliphatic rings. The maximum Gasteiger partial charge on any atom is 0.417 e. The van der Waals surface area contributed by atoms with Crippen LogP contribution in [0.1, 0.15) is 23.2 Å². The molecule has 1 heterocycles. The van der Waals surface area contributed by atoms with Gasteiger partial charge < -0.3 is 14.9 Å². The Morgan fingerprint density at radius 1 is 1.18 bits per heavy atom. The average Bonchev–Trinajstić information content (AvgIpc) is 2.46. The standard InChI is InChI=1S/C15H19F3N2O2/c1-19(2)12-5-3-11(4-6-12)13(21)20-9-7-14(22,8-10-20)15(16,17)18/h3-6,22H,7-10H2,1-2H3. The van der Waals surface area contributed by atoms with E-state index in [1.165, 1.54) is 4.90 Å². The van der Waals surface area contributed by atoms with Gasteiger partial charge >= 0.3 is 6.18 Å². The molecule has 1 saturated heterocycles. The summed E-state index contributed by atoms with van der Waals surface area (Å²) in [6.45, 7) is -0.214. The van der Waals surface area contributed by atoms with Crippen LogP contribution in [0.15, 0.2) is 24.3 Å².